The van der Waals surface area contributed by atoms with Crippen LogP contribution < -0.4 is 21.3 Å². The van der Waals surface area contributed by atoms with E-state index in [0.29, 0.717) is 12.8 Å². The van der Waals surface area contributed by atoms with Crippen LogP contribution >= 0.6 is 0 Å². The predicted molar refractivity (Wildman–Crippen MR) is 179 cm³/mol. The summed E-state index contributed by atoms with van der Waals surface area (Å²) in [7, 11) is 0. The summed E-state index contributed by atoms with van der Waals surface area (Å²) in [6.07, 6.45) is 31.4. The number of rotatable bonds is 34. The van der Waals surface area contributed by atoms with Gasteiger partial charge in [-0.25, -0.2) is 0 Å². The average Bonchev–Trinajstić information content (AvgIpc) is 2.97. The fraction of sp³-hybridized carbons (Fsp3) is 0.943. The summed E-state index contributed by atoms with van der Waals surface area (Å²) in [5.41, 5.74) is 0. The zero-order valence-corrected chi connectivity index (χ0v) is 27.7. The van der Waals surface area contributed by atoms with E-state index in [1.54, 1.807) is 0 Å². The topological polar surface area (TPSA) is 82.3 Å². The molecule has 0 radical (unpaired) electrons. The maximum atomic E-state index is 12.0. The van der Waals surface area contributed by atoms with Crippen LogP contribution in [0.4, 0.5) is 0 Å². The molecule has 6 nitrogen and oxygen atoms in total. The Labute approximate surface area is 256 Å². The molecule has 0 aromatic rings. The lowest BCUT2D eigenvalue weighted by Crippen LogP contribution is -2.31. The van der Waals surface area contributed by atoms with E-state index in [1.807, 2.05) is 0 Å². The molecule has 0 unspecified atom stereocenters. The third-order valence-electron chi connectivity index (χ3n) is 7.97. The molecule has 0 aliphatic heterocycles. The molecule has 0 saturated carbocycles. The highest BCUT2D eigenvalue weighted by Gasteiger charge is 2.02. The molecule has 0 saturated heterocycles. The van der Waals surface area contributed by atoms with Gasteiger partial charge in [0.2, 0.25) is 11.8 Å². The SMILES string of the molecule is CCCCCCCCCCCCCNC(=O)CCNCCCNCCC(=O)NCCCCCCCCCCCCC. The molecule has 6 heteroatoms. The van der Waals surface area contributed by atoms with Crippen LogP contribution in [0.5, 0.6) is 0 Å². The van der Waals surface area contributed by atoms with Gasteiger partial charge in [0.05, 0.1) is 0 Å². The summed E-state index contributed by atoms with van der Waals surface area (Å²) in [5, 5.41) is 12.8. The highest BCUT2D eigenvalue weighted by molar-refractivity contribution is 5.76. The second-order valence-electron chi connectivity index (χ2n) is 12.1. The molecule has 0 aromatic carbocycles. The van der Waals surface area contributed by atoms with Gasteiger partial charge in [-0.3, -0.25) is 9.59 Å². The van der Waals surface area contributed by atoms with Crippen LogP contribution in [-0.4, -0.2) is 51.1 Å². The molecule has 0 aliphatic rings. The number of nitrogens with one attached hydrogen (secondary N) is 4. The van der Waals surface area contributed by atoms with Crippen LogP contribution in [0.3, 0.4) is 0 Å². The second-order valence-corrected chi connectivity index (χ2v) is 12.1. The molecular formula is C35H72N4O2. The van der Waals surface area contributed by atoms with E-state index in [0.717, 1.165) is 58.5 Å². The molecule has 244 valence electrons. The monoisotopic (exact) mass is 581 g/mol. The summed E-state index contributed by atoms with van der Waals surface area (Å²) in [6, 6.07) is 0. The van der Waals surface area contributed by atoms with Gasteiger partial charge in [-0.2, -0.15) is 0 Å². The Morgan fingerprint density at radius 2 is 0.634 bits per heavy atom. The first-order chi connectivity index (χ1) is 20.2. The minimum absolute atomic E-state index is 0.155. The van der Waals surface area contributed by atoms with Gasteiger partial charge in [-0.15, -0.1) is 0 Å². The lowest BCUT2D eigenvalue weighted by atomic mass is 10.1. The second kappa shape index (κ2) is 35.1. The molecular weight excluding hydrogens is 508 g/mol. The molecule has 0 aliphatic carbocycles. The number of hydrogen-bond donors (Lipinski definition) is 4. The Morgan fingerprint density at radius 3 is 0.951 bits per heavy atom. The molecule has 0 rings (SSSR count). The Morgan fingerprint density at radius 1 is 0.341 bits per heavy atom. The normalized spacial score (nSPS) is 11.2. The van der Waals surface area contributed by atoms with Crippen molar-refractivity contribution in [3.05, 3.63) is 0 Å². The fourth-order valence-corrected chi connectivity index (χ4v) is 5.20. The van der Waals surface area contributed by atoms with Crippen molar-refractivity contribution in [3.63, 3.8) is 0 Å². The molecule has 0 atom stereocenters. The van der Waals surface area contributed by atoms with Gasteiger partial charge in [0, 0.05) is 39.0 Å². The van der Waals surface area contributed by atoms with Gasteiger partial charge in [0.1, 0.15) is 0 Å². The van der Waals surface area contributed by atoms with Crippen molar-refractivity contribution in [1.29, 1.82) is 0 Å². The van der Waals surface area contributed by atoms with Gasteiger partial charge >= 0.3 is 0 Å². The molecule has 41 heavy (non-hydrogen) atoms. The highest BCUT2D eigenvalue weighted by Crippen LogP contribution is 2.12. The van der Waals surface area contributed by atoms with Crippen molar-refractivity contribution < 1.29 is 9.59 Å². The van der Waals surface area contributed by atoms with E-state index in [9.17, 15) is 9.59 Å². The molecule has 0 spiro atoms. The third kappa shape index (κ3) is 35.0. The van der Waals surface area contributed by atoms with Crippen molar-refractivity contribution in [2.24, 2.45) is 0 Å². The first kappa shape index (κ1) is 39.9. The first-order valence-corrected chi connectivity index (χ1v) is 18.2. The molecule has 0 aromatic heterocycles. The lowest BCUT2D eigenvalue weighted by molar-refractivity contribution is -0.121. The number of unbranched alkanes of at least 4 members (excludes halogenated alkanes) is 20. The van der Waals surface area contributed by atoms with Crippen LogP contribution in [0, 0.1) is 0 Å². The predicted octanol–water partition coefficient (Wildman–Crippen LogP) is 8.19. The Hall–Kier alpha value is -1.14. The molecule has 0 fully saturated rings. The largest absolute Gasteiger partial charge is 0.356 e. The summed E-state index contributed by atoms with van der Waals surface area (Å²) in [4.78, 5) is 23.9. The summed E-state index contributed by atoms with van der Waals surface area (Å²) in [5.74, 6) is 0.309. The minimum atomic E-state index is 0.155. The van der Waals surface area contributed by atoms with E-state index in [1.165, 1.54) is 128 Å². The van der Waals surface area contributed by atoms with Crippen molar-refractivity contribution in [1.82, 2.24) is 21.3 Å². The van der Waals surface area contributed by atoms with Gasteiger partial charge < -0.3 is 21.3 Å². The van der Waals surface area contributed by atoms with Crippen molar-refractivity contribution in [2.45, 2.75) is 174 Å². The van der Waals surface area contributed by atoms with Gasteiger partial charge in [0.25, 0.3) is 0 Å². The van der Waals surface area contributed by atoms with E-state index in [-0.39, 0.29) is 11.8 Å². The number of carbonyl (C=O) groups is 2. The molecule has 2 amide bonds. The number of carbonyl (C=O) groups excluding carboxylic acids is 2. The Bertz CT molecular complexity index is 498. The fourth-order valence-electron chi connectivity index (χ4n) is 5.20. The molecule has 4 N–H and O–H groups in total. The maximum absolute atomic E-state index is 12.0. The van der Waals surface area contributed by atoms with E-state index in [2.05, 4.69) is 35.1 Å². The standard InChI is InChI=1S/C35H72N4O2/c1-3-5-7-9-11-13-15-17-19-21-23-30-38-34(40)26-32-36-28-25-29-37-33-27-35(41)39-31-24-22-20-18-16-14-12-10-8-6-4-2/h36-37H,3-33H2,1-2H3,(H,38,40)(H,39,41). The average molecular weight is 581 g/mol. The van der Waals surface area contributed by atoms with Gasteiger partial charge in [0.15, 0.2) is 0 Å². The Kier molecular flexibility index (Phi) is 34.1. The quantitative estimate of drug-likeness (QED) is 0.0578. The summed E-state index contributed by atoms with van der Waals surface area (Å²) < 4.78 is 0. The molecule has 0 heterocycles. The Balaban J connectivity index is 3.24. The smallest absolute Gasteiger partial charge is 0.221 e. The van der Waals surface area contributed by atoms with Gasteiger partial charge in [-0.1, -0.05) is 142 Å². The maximum Gasteiger partial charge on any atom is 0.221 e. The van der Waals surface area contributed by atoms with Crippen LogP contribution in [0.1, 0.15) is 174 Å². The first-order valence-electron chi connectivity index (χ1n) is 18.2. The van der Waals surface area contributed by atoms with Crippen LogP contribution in [0.25, 0.3) is 0 Å². The highest BCUT2D eigenvalue weighted by atomic mass is 16.2. The third-order valence-corrected chi connectivity index (χ3v) is 7.97. The van der Waals surface area contributed by atoms with Crippen molar-refractivity contribution in [3.8, 4) is 0 Å². The van der Waals surface area contributed by atoms with Crippen molar-refractivity contribution in [2.75, 3.05) is 39.3 Å². The van der Waals surface area contributed by atoms with E-state index in [4.69, 9.17) is 0 Å². The van der Waals surface area contributed by atoms with Crippen molar-refractivity contribution >= 4 is 11.8 Å². The number of amides is 2. The zero-order chi connectivity index (χ0) is 29.9. The summed E-state index contributed by atoms with van der Waals surface area (Å²) in [6.45, 7) is 9.40. The van der Waals surface area contributed by atoms with E-state index >= 15 is 0 Å². The minimum Gasteiger partial charge on any atom is -0.356 e. The zero-order valence-electron chi connectivity index (χ0n) is 27.7. The van der Waals surface area contributed by atoms with E-state index < -0.39 is 0 Å². The summed E-state index contributed by atoms with van der Waals surface area (Å²) >= 11 is 0. The van der Waals surface area contributed by atoms with Crippen LogP contribution in [0.2, 0.25) is 0 Å². The van der Waals surface area contributed by atoms with Crippen LogP contribution in [0.15, 0.2) is 0 Å². The van der Waals surface area contributed by atoms with Crippen LogP contribution in [-0.2, 0) is 9.59 Å². The van der Waals surface area contributed by atoms with Gasteiger partial charge in [-0.05, 0) is 32.4 Å². The molecule has 0 bridgehead atoms. The number of hydrogen-bond acceptors (Lipinski definition) is 4. The lowest BCUT2D eigenvalue weighted by Gasteiger charge is -2.08.